The van der Waals surface area contributed by atoms with E-state index >= 15 is 0 Å². The van der Waals surface area contributed by atoms with Gasteiger partial charge >= 0.3 is 0 Å². The van der Waals surface area contributed by atoms with Crippen molar-refractivity contribution in [1.82, 2.24) is 10.6 Å². The first-order chi connectivity index (χ1) is 9.02. The van der Waals surface area contributed by atoms with Gasteiger partial charge in [0.25, 0.3) is 5.69 Å². The zero-order valence-electron chi connectivity index (χ0n) is 9.61. The zero-order chi connectivity index (χ0) is 14.0. The number of nitrogens with zero attached hydrogens (tertiary/aromatic N) is 2. The minimum atomic E-state index is -0.898. The van der Waals surface area contributed by atoms with Crippen molar-refractivity contribution in [2.24, 2.45) is 5.92 Å². The van der Waals surface area contributed by atoms with Crippen molar-refractivity contribution in [3.8, 4) is 6.07 Å². The molecule has 0 spiro atoms. The van der Waals surface area contributed by atoms with E-state index in [-0.39, 0.29) is 5.69 Å². The Hall–Kier alpha value is -2.11. The fourth-order valence-corrected chi connectivity index (χ4v) is 2.20. The van der Waals surface area contributed by atoms with Gasteiger partial charge < -0.3 is 5.32 Å². The van der Waals surface area contributed by atoms with Gasteiger partial charge in [0.1, 0.15) is 11.4 Å². The van der Waals surface area contributed by atoms with Crippen LogP contribution in [-0.4, -0.2) is 16.3 Å². The number of hydrogen-bond donors (Lipinski definition) is 3. The van der Waals surface area contributed by atoms with Crippen molar-refractivity contribution in [3.05, 3.63) is 39.9 Å². The largest absolute Gasteiger partial charge is 0.331 e. The quantitative estimate of drug-likeness (QED) is 0.419. The van der Waals surface area contributed by atoms with Crippen molar-refractivity contribution >= 4 is 24.2 Å². The van der Waals surface area contributed by atoms with E-state index in [9.17, 15) is 14.9 Å². The normalized spacial score (nSPS) is 26.3. The minimum Gasteiger partial charge on any atom is -0.331 e. The number of hydrogen-bond acceptors (Lipinski definition) is 6. The Morgan fingerprint density at radius 3 is 2.53 bits per heavy atom. The molecule has 19 heavy (non-hydrogen) atoms. The Morgan fingerprint density at radius 2 is 2.00 bits per heavy atom. The van der Waals surface area contributed by atoms with Crippen LogP contribution in [0.25, 0.3) is 0 Å². The topological polar surface area (TPSA) is 108 Å². The summed E-state index contributed by atoms with van der Waals surface area (Å²) in [6.45, 7) is 0. The molecule has 2 rings (SSSR count). The Balaban J connectivity index is 2.30. The number of nitriles is 1. The second-order valence-electron chi connectivity index (χ2n) is 4.01. The van der Waals surface area contributed by atoms with Gasteiger partial charge in [-0.25, -0.2) is 0 Å². The molecule has 1 aliphatic heterocycles. The smallest absolute Gasteiger partial charge is 0.269 e. The first kappa shape index (κ1) is 13.3. The molecular weight excluding hydrogens is 268 g/mol. The average molecular weight is 278 g/mol. The maximum atomic E-state index is 11.7. The lowest BCUT2D eigenvalue weighted by atomic mass is 9.92. The maximum Gasteiger partial charge on any atom is 0.269 e. The second kappa shape index (κ2) is 5.26. The summed E-state index contributed by atoms with van der Waals surface area (Å²) in [6, 6.07) is 7.11. The molecule has 1 saturated heterocycles. The molecule has 0 aliphatic carbocycles. The van der Waals surface area contributed by atoms with E-state index in [1.54, 1.807) is 0 Å². The molecule has 7 nitrogen and oxygen atoms in total. The summed E-state index contributed by atoms with van der Waals surface area (Å²) >= 11 is 4.10. The van der Waals surface area contributed by atoms with E-state index in [0.29, 0.717) is 5.56 Å². The maximum absolute atomic E-state index is 11.7. The van der Waals surface area contributed by atoms with E-state index in [1.807, 2.05) is 6.07 Å². The molecule has 0 saturated carbocycles. The fourth-order valence-electron chi connectivity index (χ4n) is 1.91. The molecule has 1 fully saturated rings. The van der Waals surface area contributed by atoms with Crippen LogP contribution in [0, 0.1) is 27.4 Å². The number of carbonyl (C=O) groups excluding carboxylic acids is 1. The summed E-state index contributed by atoms with van der Waals surface area (Å²) < 4.78 is 0. The zero-order valence-corrected chi connectivity index (χ0v) is 10.5. The third-order valence-corrected chi connectivity index (χ3v) is 3.11. The first-order valence-corrected chi connectivity index (χ1v) is 5.93. The predicted molar refractivity (Wildman–Crippen MR) is 69.0 cm³/mol. The molecule has 8 heteroatoms. The van der Waals surface area contributed by atoms with Crippen LogP contribution in [0.15, 0.2) is 24.3 Å². The van der Waals surface area contributed by atoms with E-state index < -0.39 is 28.3 Å². The number of benzene rings is 1. The predicted octanol–water partition coefficient (Wildman–Crippen LogP) is 0.708. The molecule has 3 atom stereocenters. The van der Waals surface area contributed by atoms with Crippen molar-refractivity contribution in [3.63, 3.8) is 0 Å². The number of amides is 1. The van der Waals surface area contributed by atoms with Crippen LogP contribution in [-0.2, 0) is 4.79 Å². The highest BCUT2D eigenvalue weighted by atomic mass is 32.1. The van der Waals surface area contributed by atoms with Crippen LogP contribution < -0.4 is 10.6 Å². The summed E-state index contributed by atoms with van der Waals surface area (Å²) in [7, 11) is 0. The number of thiol groups is 1. The molecule has 0 bridgehead atoms. The van der Waals surface area contributed by atoms with Gasteiger partial charge in [-0.2, -0.15) is 5.26 Å². The van der Waals surface area contributed by atoms with Gasteiger partial charge in [0.15, 0.2) is 0 Å². The first-order valence-electron chi connectivity index (χ1n) is 5.41. The Labute approximate surface area is 114 Å². The Morgan fingerprint density at radius 1 is 1.37 bits per heavy atom. The van der Waals surface area contributed by atoms with Crippen molar-refractivity contribution in [1.29, 1.82) is 5.26 Å². The summed E-state index contributed by atoms with van der Waals surface area (Å²) in [5, 5.41) is 25.1. The molecule has 1 aliphatic rings. The van der Waals surface area contributed by atoms with Gasteiger partial charge in [-0.1, -0.05) is 12.1 Å². The molecule has 1 aromatic carbocycles. The van der Waals surface area contributed by atoms with Crippen molar-refractivity contribution < 1.29 is 9.72 Å². The number of nitrogens with one attached hydrogen (secondary N) is 2. The number of non-ortho nitro benzene ring substituents is 1. The summed E-state index contributed by atoms with van der Waals surface area (Å²) in [5.41, 5.74) is 0.0308. The highest BCUT2D eigenvalue weighted by Crippen LogP contribution is 2.27. The fraction of sp³-hybridized carbons (Fsp3) is 0.273. The third kappa shape index (κ3) is 2.67. The Bertz CT molecular complexity index is 554. The highest BCUT2D eigenvalue weighted by molar-refractivity contribution is 7.80. The van der Waals surface area contributed by atoms with Gasteiger partial charge in [0.2, 0.25) is 5.91 Å². The lowest BCUT2D eigenvalue weighted by Gasteiger charge is -2.32. The summed E-state index contributed by atoms with van der Waals surface area (Å²) in [5.74, 6) is -1.31. The number of carbonyl (C=O) groups is 1. The molecule has 3 unspecified atom stereocenters. The molecule has 1 heterocycles. The van der Waals surface area contributed by atoms with Gasteiger partial charge in [-0.15, -0.1) is 12.6 Å². The molecule has 0 aromatic heterocycles. The number of nitro benzene ring substituents is 1. The lowest BCUT2D eigenvalue weighted by molar-refractivity contribution is -0.384. The standard InChI is InChI=1S/C11H10N4O3S/c12-5-8-9(13-11(19)14-10(8)16)6-1-3-7(4-2-6)15(17)18/h1-4,8-9,11,13,19H,(H,14,16). The van der Waals surface area contributed by atoms with E-state index in [4.69, 9.17) is 5.26 Å². The second-order valence-corrected chi connectivity index (χ2v) is 4.53. The highest BCUT2D eigenvalue weighted by Gasteiger charge is 2.36. The van der Waals surface area contributed by atoms with Gasteiger partial charge in [-0.3, -0.25) is 20.2 Å². The lowest BCUT2D eigenvalue weighted by Crippen LogP contribution is -2.54. The summed E-state index contributed by atoms with van der Waals surface area (Å²) in [6.07, 6.45) is 0. The monoisotopic (exact) mass is 278 g/mol. The summed E-state index contributed by atoms with van der Waals surface area (Å²) in [4.78, 5) is 21.7. The average Bonchev–Trinajstić information content (AvgIpc) is 2.38. The van der Waals surface area contributed by atoms with Crippen LogP contribution in [0.4, 0.5) is 5.69 Å². The molecule has 98 valence electrons. The van der Waals surface area contributed by atoms with Gasteiger partial charge in [0, 0.05) is 12.1 Å². The molecule has 2 N–H and O–H groups in total. The van der Waals surface area contributed by atoms with E-state index in [1.165, 1.54) is 24.3 Å². The van der Waals surface area contributed by atoms with E-state index in [0.717, 1.165) is 0 Å². The Kier molecular flexibility index (Phi) is 3.69. The van der Waals surface area contributed by atoms with Crippen LogP contribution in [0.1, 0.15) is 11.6 Å². The van der Waals surface area contributed by atoms with Crippen LogP contribution >= 0.6 is 12.6 Å². The minimum absolute atomic E-state index is 0.0417. The van der Waals surface area contributed by atoms with Crippen molar-refractivity contribution in [2.75, 3.05) is 0 Å². The number of rotatable bonds is 2. The van der Waals surface area contributed by atoms with Gasteiger partial charge in [-0.05, 0) is 5.56 Å². The molecule has 0 radical (unpaired) electrons. The SMILES string of the molecule is N#CC1C(=O)NC(S)NC1c1ccc([N+](=O)[O-])cc1. The van der Waals surface area contributed by atoms with Crippen molar-refractivity contribution in [2.45, 2.75) is 11.5 Å². The molecular formula is C11H10N4O3S. The van der Waals surface area contributed by atoms with Crippen LogP contribution in [0.3, 0.4) is 0 Å². The van der Waals surface area contributed by atoms with E-state index in [2.05, 4.69) is 23.3 Å². The third-order valence-electron chi connectivity index (χ3n) is 2.83. The molecule has 1 amide bonds. The van der Waals surface area contributed by atoms with Crippen LogP contribution in [0.5, 0.6) is 0 Å². The molecule has 1 aromatic rings. The van der Waals surface area contributed by atoms with Gasteiger partial charge in [0.05, 0.1) is 17.0 Å². The number of nitro groups is 1. The van der Waals surface area contributed by atoms with Crippen LogP contribution in [0.2, 0.25) is 0 Å².